The van der Waals surface area contributed by atoms with Crippen LogP contribution in [0.5, 0.6) is 0 Å². The number of rotatable bonds is 7. The van der Waals surface area contributed by atoms with Crippen molar-refractivity contribution < 1.29 is 29.0 Å². The Hall–Kier alpha value is -3.39. The Morgan fingerprint density at radius 3 is 2.36 bits per heavy atom. The van der Waals surface area contributed by atoms with E-state index in [9.17, 15) is 19.5 Å². The highest BCUT2D eigenvalue weighted by Crippen LogP contribution is 2.44. The molecule has 0 radical (unpaired) electrons. The third-order valence-electron chi connectivity index (χ3n) is 6.21. The predicted octanol–water partition coefficient (Wildman–Crippen LogP) is 3.01. The molecular weight excluding hydrogens is 424 g/mol. The van der Waals surface area contributed by atoms with E-state index in [1.54, 1.807) is 0 Å². The van der Waals surface area contributed by atoms with Gasteiger partial charge in [0.25, 0.3) is 0 Å². The number of aliphatic carboxylic acids is 1. The van der Waals surface area contributed by atoms with Crippen LogP contribution in [0.4, 0.5) is 4.79 Å². The Kier molecular flexibility index (Phi) is 6.93. The number of carbonyl (C=O) groups excluding carboxylic acids is 2. The number of nitrogens with zero attached hydrogens (tertiary/aromatic N) is 1. The molecule has 2 aliphatic rings. The van der Waals surface area contributed by atoms with Gasteiger partial charge in [0.15, 0.2) is 6.04 Å². The van der Waals surface area contributed by atoms with Crippen molar-refractivity contribution in [2.45, 2.75) is 37.8 Å². The molecule has 8 nitrogen and oxygen atoms in total. The van der Waals surface area contributed by atoms with Crippen LogP contribution in [0.15, 0.2) is 48.5 Å². The summed E-state index contributed by atoms with van der Waals surface area (Å²) >= 11 is 0. The van der Waals surface area contributed by atoms with E-state index < -0.39 is 30.1 Å². The van der Waals surface area contributed by atoms with Gasteiger partial charge in [-0.05, 0) is 28.7 Å². The maximum atomic E-state index is 13.1. The first-order valence-electron chi connectivity index (χ1n) is 11.2. The largest absolute Gasteiger partial charge is 0.480 e. The molecule has 1 saturated heterocycles. The second-order valence-corrected chi connectivity index (χ2v) is 8.27. The lowest BCUT2D eigenvalue weighted by Crippen LogP contribution is -2.58. The molecule has 174 valence electrons. The number of carbonyl (C=O) groups is 3. The highest BCUT2D eigenvalue weighted by molar-refractivity contribution is 5.89. The third kappa shape index (κ3) is 4.71. The highest BCUT2D eigenvalue weighted by Gasteiger charge is 2.37. The summed E-state index contributed by atoms with van der Waals surface area (Å²) in [5, 5.41) is 12.1. The molecule has 2 unspecified atom stereocenters. The number of hydrogen-bond acceptors (Lipinski definition) is 5. The molecule has 1 fully saturated rings. The summed E-state index contributed by atoms with van der Waals surface area (Å²) in [4.78, 5) is 38.5. The van der Waals surface area contributed by atoms with Crippen molar-refractivity contribution in [2.75, 3.05) is 26.4 Å². The van der Waals surface area contributed by atoms with Crippen molar-refractivity contribution in [1.82, 2.24) is 10.2 Å². The lowest BCUT2D eigenvalue weighted by molar-refractivity contribution is -0.159. The van der Waals surface area contributed by atoms with Crippen molar-refractivity contribution in [3.8, 4) is 11.1 Å². The molecule has 2 aromatic carbocycles. The minimum absolute atomic E-state index is 0.0646. The molecule has 0 bridgehead atoms. The molecule has 0 saturated carbocycles. The van der Waals surface area contributed by atoms with Gasteiger partial charge in [-0.2, -0.15) is 0 Å². The average Bonchev–Trinajstić information content (AvgIpc) is 3.15. The maximum absolute atomic E-state index is 13.1. The standard InChI is InChI=1S/C25H28N2O6/c1-2-7-21(23(28)27-12-13-32-15-22(27)24(29)30)26-25(31)33-14-20-18-10-5-3-8-16(18)17-9-4-6-11-19(17)20/h3-6,8-11,20-22H,2,7,12-15H2,1H3,(H,26,31)(H,29,30). The molecule has 0 spiro atoms. The van der Waals surface area contributed by atoms with Gasteiger partial charge in [0.05, 0.1) is 13.2 Å². The van der Waals surface area contributed by atoms with E-state index in [-0.39, 0.29) is 32.3 Å². The molecule has 4 rings (SSSR count). The number of carboxylic acids is 1. The Bertz CT molecular complexity index is 994. The van der Waals surface area contributed by atoms with Gasteiger partial charge in [0.1, 0.15) is 12.6 Å². The Morgan fingerprint density at radius 2 is 1.76 bits per heavy atom. The Balaban J connectivity index is 1.43. The van der Waals surface area contributed by atoms with Gasteiger partial charge in [-0.25, -0.2) is 9.59 Å². The van der Waals surface area contributed by atoms with Gasteiger partial charge in [-0.3, -0.25) is 4.79 Å². The number of benzene rings is 2. The Labute approximate surface area is 192 Å². The van der Waals surface area contributed by atoms with Crippen molar-refractivity contribution in [3.05, 3.63) is 59.7 Å². The van der Waals surface area contributed by atoms with E-state index >= 15 is 0 Å². The quantitative estimate of drug-likeness (QED) is 0.669. The minimum atomic E-state index is -1.13. The molecule has 0 aromatic heterocycles. The van der Waals surface area contributed by atoms with Gasteiger partial charge in [0, 0.05) is 12.5 Å². The number of carboxylic acid groups (broad SMARTS) is 1. The first-order chi connectivity index (χ1) is 16.0. The summed E-state index contributed by atoms with van der Waals surface area (Å²) in [6.45, 7) is 2.41. The molecule has 2 atom stereocenters. The second-order valence-electron chi connectivity index (χ2n) is 8.27. The summed E-state index contributed by atoms with van der Waals surface area (Å²) < 4.78 is 10.8. The van der Waals surface area contributed by atoms with Gasteiger partial charge < -0.3 is 24.8 Å². The van der Waals surface area contributed by atoms with Gasteiger partial charge in [0.2, 0.25) is 5.91 Å². The van der Waals surface area contributed by atoms with Gasteiger partial charge >= 0.3 is 12.1 Å². The highest BCUT2D eigenvalue weighted by atomic mass is 16.5. The zero-order chi connectivity index (χ0) is 23.4. The lowest BCUT2D eigenvalue weighted by atomic mass is 9.98. The van der Waals surface area contributed by atoms with Crippen LogP contribution in [-0.2, 0) is 19.1 Å². The van der Waals surface area contributed by atoms with Crippen LogP contribution in [0.3, 0.4) is 0 Å². The molecule has 1 aliphatic heterocycles. The predicted molar refractivity (Wildman–Crippen MR) is 121 cm³/mol. The molecule has 2 aromatic rings. The number of fused-ring (bicyclic) bond motifs is 3. The van der Waals surface area contributed by atoms with Crippen LogP contribution < -0.4 is 5.32 Å². The fourth-order valence-electron chi connectivity index (χ4n) is 4.60. The van der Waals surface area contributed by atoms with Gasteiger partial charge in [-0.15, -0.1) is 0 Å². The zero-order valence-corrected chi connectivity index (χ0v) is 18.5. The minimum Gasteiger partial charge on any atom is -0.480 e. The number of amides is 2. The van der Waals surface area contributed by atoms with Crippen molar-refractivity contribution in [2.24, 2.45) is 0 Å². The molecule has 33 heavy (non-hydrogen) atoms. The molecule has 8 heteroatoms. The first kappa shape index (κ1) is 22.8. The third-order valence-corrected chi connectivity index (χ3v) is 6.21. The van der Waals surface area contributed by atoms with E-state index in [1.165, 1.54) is 4.90 Å². The molecule has 1 heterocycles. The van der Waals surface area contributed by atoms with Gasteiger partial charge in [-0.1, -0.05) is 61.9 Å². The normalized spacial score (nSPS) is 18.2. The number of nitrogens with one attached hydrogen (secondary N) is 1. The zero-order valence-electron chi connectivity index (χ0n) is 18.5. The van der Waals surface area contributed by atoms with Crippen molar-refractivity contribution in [3.63, 3.8) is 0 Å². The number of ether oxygens (including phenoxy) is 2. The summed E-state index contributed by atoms with van der Waals surface area (Å²) in [7, 11) is 0. The maximum Gasteiger partial charge on any atom is 0.407 e. The molecule has 2 amide bonds. The number of morpholine rings is 1. The van der Waals surface area contributed by atoms with Crippen LogP contribution in [0.2, 0.25) is 0 Å². The van der Waals surface area contributed by atoms with Crippen molar-refractivity contribution in [1.29, 1.82) is 0 Å². The summed E-state index contributed by atoms with van der Waals surface area (Å²) in [6, 6.07) is 14.2. The van der Waals surface area contributed by atoms with Crippen LogP contribution >= 0.6 is 0 Å². The van der Waals surface area contributed by atoms with E-state index in [0.717, 1.165) is 22.3 Å². The summed E-state index contributed by atoms with van der Waals surface area (Å²) in [5.41, 5.74) is 4.47. The Morgan fingerprint density at radius 1 is 1.12 bits per heavy atom. The van der Waals surface area contributed by atoms with Crippen molar-refractivity contribution >= 4 is 18.0 Å². The van der Waals surface area contributed by atoms with Crippen LogP contribution in [0, 0.1) is 0 Å². The number of alkyl carbamates (subject to hydrolysis) is 1. The SMILES string of the molecule is CCCC(NC(=O)OCC1c2ccccc2-c2ccccc21)C(=O)N1CCOCC1C(=O)O. The summed E-state index contributed by atoms with van der Waals surface area (Å²) in [5.74, 6) is -1.64. The smallest absolute Gasteiger partial charge is 0.407 e. The van der Waals surface area contributed by atoms with Crippen LogP contribution in [0.1, 0.15) is 36.8 Å². The molecule has 2 N–H and O–H groups in total. The molecular formula is C25H28N2O6. The topological polar surface area (TPSA) is 105 Å². The van der Waals surface area contributed by atoms with E-state index in [4.69, 9.17) is 9.47 Å². The lowest BCUT2D eigenvalue weighted by Gasteiger charge is -2.35. The average molecular weight is 453 g/mol. The second kappa shape index (κ2) is 10.0. The van der Waals surface area contributed by atoms with E-state index in [1.807, 2.05) is 43.3 Å². The monoisotopic (exact) mass is 452 g/mol. The van der Waals surface area contributed by atoms with E-state index in [2.05, 4.69) is 17.4 Å². The van der Waals surface area contributed by atoms with E-state index in [0.29, 0.717) is 12.8 Å². The fraction of sp³-hybridized carbons (Fsp3) is 0.400. The fourth-order valence-corrected chi connectivity index (χ4v) is 4.60. The molecule has 1 aliphatic carbocycles. The summed E-state index contributed by atoms with van der Waals surface area (Å²) in [6.07, 6.45) is 0.332. The first-order valence-corrected chi connectivity index (χ1v) is 11.2. The number of hydrogen-bond donors (Lipinski definition) is 2. The van der Waals surface area contributed by atoms with Crippen LogP contribution in [0.25, 0.3) is 11.1 Å². The van der Waals surface area contributed by atoms with Crippen LogP contribution in [-0.4, -0.2) is 66.4 Å².